The van der Waals surface area contributed by atoms with E-state index in [0.29, 0.717) is 18.5 Å². The Hall–Kier alpha value is -2.25. The molecular weight excluding hydrogens is 327 g/mol. The molecular formula is C16H18F3NO4. The lowest BCUT2D eigenvalue weighted by molar-refractivity contribution is -0.153. The minimum Gasteiger partial charge on any atom is -0.484 e. The number of carbonyl (C=O) groups is 2. The van der Waals surface area contributed by atoms with Gasteiger partial charge in [-0.2, -0.15) is 13.2 Å². The largest absolute Gasteiger partial charge is 0.484 e. The molecule has 1 aromatic carbocycles. The summed E-state index contributed by atoms with van der Waals surface area (Å²) < 4.78 is 41.1. The maximum atomic E-state index is 12.3. The first-order chi connectivity index (χ1) is 11.1. The molecule has 132 valence electrons. The van der Waals surface area contributed by atoms with Gasteiger partial charge in [0.2, 0.25) is 5.91 Å². The fraction of sp³-hybridized carbons (Fsp3) is 0.500. The number of benzene rings is 1. The van der Waals surface area contributed by atoms with Gasteiger partial charge in [0.1, 0.15) is 5.75 Å². The summed E-state index contributed by atoms with van der Waals surface area (Å²) in [7, 11) is 0. The van der Waals surface area contributed by atoms with Crippen molar-refractivity contribution < 1.29 is 32.6 Å². The molecule has 1 atom stereocenters. The molecule has 1 amide bonds. The van der Waals surface area contributed by atoms with Gasteiger partial charge in [-0.25, -0.2) is 0 Å². The third-order valence-electron chi connectivity index (χ3n) is 4.00. The smallest absolute Gasteiger partial charge is 0.422 e. The van der Waals surface area contributed by atoms with Crippen molar-refractivity contribution >= 4 is 11.9 Å². The zero-order valence-corrected chi connectivity index (χ0v) is 13.1. The molecule has 1 saturated heterocycles. The van der Waals surface area contributed by atoms with Crippen LogP contribution in [0.4, 0.5) is 13.2 Å². The topological polar surface area (TPSA) is 66.8 Å². The van der Waals surface area contributed by atoms with E-state index in [2.05, 4.69) is 4.74 Å². The molecule has 1 fully saturated rings. The van der Waals surface area contributed by atoms with E-state index in [4.69, 9.17) is 0 Å². The Morgan fingerprint density at radius 3 is 2.67 bits per heavy atom. The molecule has 1 aliphatic rings. The lowest BCUT2D eigenvalue weighted by atomic mass is 9.90. The van der Waals surface area contributed by atoms with E-state index in [1.54, 1.807) is 13.0 Å². The van der Waals surface area contributed by atoms with Crippen LogP contribution in [0.25, 0.3) is 0 Å². The van der Waals surface area contributed by atoms with Crippen molar-refractivity contribution in [3.05, 3.63) is 29.8 Å². The van der Waals surface area contributed by atoms with Crippen molar-refractivity contribution in [3.63, 3.8) is 0 Å². The Morgan fingerprint density at radius 1 is 1.38 bits per heavy atom. The minimum absolute atomic E-state index is 0.0150. The van der Waals surface area contributed by atoms with E-state index in [9.17, 15) is 27.9 Å². The van der Waals surface area contributed by atoms with Gasteiger partial charge in [-0.15, -0.1) is 0 Å². The zero-order chi connectivity index (χ0) is 18.0. The van der Waals surface area contributed by atoms with Crippen molar-refractivity contribution in [2.24, 2.45) is 5.41 Å². The molecule has 8 heteroatoms. The number of hydrogen-bond donors (Lipinski definition) is 1. The van der Waals surface area contributed by atoms with Crippen LogP contribution >= 0.6 is 0 Å². The number of carboxylic acid groups (broad SMARTS) is 1. The van der Waals surface area contributed by atoms with Gasteiger partial charge in [0.05, 0.1) is 11.8 Å². The summed E-state index contributed by atoms with van der Waals surface area (Å²) in [6.45, 7) is 0.680. The van der Waals surface area contributed by atoms with Gasteiger partial charge in [0, 0.05) is 13.1 Å². The molecule has 1 N–H and O–H groups in total. The molecule has 0 bridgehead atoms. The van der Waals surface area contributed by atoms with Crippen LogP contribution in [0.5, 0.6) is 5.75 Å². The van der Waals surface area contributed by atoms with Crippen LogP contribution in [0.1, 0.15) is 18.9 Å². The first-order valence-corrected chi connectivity index (χ1v) is 7.39. The summed E-state index contributed by atoms with van der Waals surface area (Å²) >= 11 is 0. The summed E-state index contributed by atoms with van der Waals surface area (Å²) in [5.41, 5.74) is -0.434. The van der Waals surface area contributed by atoms with Crippen LogP contribution in [0.2, 0.25) is 0 Å². The normalized spacial score (nSPS) is 20.9. The lowest BCUT2D eigenvalue weighted by Gasteiger charge is -2.20. The van der Waals surface area contributed by atoms with E-state index in [0.717, 1.165) is 0 Å². The first-order valence-electron chi connectivity index (χ1n) is 7.39. The van der Waals surface area contributed by atoms with Gasteiger partial charge in [0.15, 0.2) is 6.61 Å². The fourth-order valence-corrected chi connectivity index (χ4v) is 2.55. The number of amides is 1. The summed E-state index contributed by atoms with van der Waals surface area (Å²) in [6, 6.07) is 5.90. The van der Waals surface area contributed by atoms with Crippen molar-refractivity contribution in [2.45, 2.75) is 25.9 Å². The quantitative estimate of drug-likeness (QED) is 0.890. The second-order valence-electron chi connectivity index (χ2n) is 6.16. The number of alkyl halides is 3. The highest BCUT2D eigenvalue weighted by Gasteiger charge is 2.41. The summed E-state index contributed by atoms with van der Waals surface area (Å²) in [5.74, 6) is -1.16. The summed E-state index contributed by atoms with van der Waals surface area (Å²) in [5, 5.41) is 9.18. The third kappa shape index (κ3) is 4.62. The number of nitrogens with zero attached hydrogens (tertiary/aromatic N) is 1. The highest BCUT2D eigenvalue weighted by Crippen LogP contribution is 2.30. The zero-order valence-electron chi connectivity index (χ0n) is 13.1. The predicted octanol–water partition coefficient (Wildman–Crippen LogP) is 2.49. The third-order valence-corrected chi connectivity index (χ3v) is 4.00. The highest BCUT2D eigenvalue weighted by atomic mass is 19.4. The number of rotatable bonds is 5. The number of ether oxygens (including phenoxy) is 1. The number of carboxylic acids is 1. The molecule has 2 rings (SSSR count). The van der Waals surface area contributed by atoms with Crippen LogP contribution < -0.4 is 4.74 Å². The van der Waals surface area contributed by atoms with Crippen LogP contribution in [0.15, 0.2) is 24.3 Å². The molecule has 0 spiro atoms. The number of carbonyl (C=O) groups excluding carboxylic acids is 1. The molecule has 1 aromatic rings. The van der Waals surface area contributed by atoms with Crippen molar-refractivity contribution in [1.82, 2.24) is 4.90 Å². The molecule has 1 heterocycles. The monoisotopic (exact) mass is 345 g/mol. The van der Waals surface area contributed by atoms with E-state index >= 15 is 0 Å². The Labute approximate surface area is 137 Å². The molecule has 5 nitrogen and oxygen atoms in total. The van der Waals surface area contributed by atoms with Gasteiger partial charge in [-0.1, -0.05) is 12.1 Å². The molecule has 1 unspecified atom stereocenters. The Bertz CT molecular complexity index is 632. The molecule has 0 aromatic heterocycles. The number of halogens is 3. The Kier molecular flexibility index (Phi) is 5.05. The van der Waals surface area contributed by atoms with Crippen molar-refractivity contribution in [2.75, 3.05) is 19.7 Å². The van der Waals surface area contributed by atoms with E-state index in [1.165, 1.54) is 23.1 Å². The second-order valence-corrected chi connectivity index (χ2v) is 6.16. The van der Waals surface area contributed by atoms with Gasteiger partial charge >= 0.3 is 12.1 Å². The van der Waals surface area contributed by atoms with Crippen molar-refractivity contribution in [3.8, 4) is 5.75 Å². The Balaban J connectivity index is 1.96. The van der Waals surface area contributed by atoms with E-state index < -0.39 is 24.2 Å². The van der Waals surface area contributed by atoms with Crippen LogP contribution in [-0.2, 0) is 16.0 Å². The fourth-order valence-electron chi connectivity index (χ4n) is 2.55. The Morgan fingerprint density at radius 2 is 2.08 bits per heavy atom. The highest BCUT2D eigenvalue weighted by molar-refractivity contribution is 5.82. The molecule has 24 heavy (non-hydrogen) atoms. The van der Waals surface area contributed by atoms with Gasteiger partial charge in [-0.05, 0) is 31.0 Å². The van der Waals surface area contributed by atoms with Crippen LogP contribution in [0.3, 0.4) is 0 Å². The summed E-state index contributed by atoms with van der Waals surface area (Å²) in [6.07, 6.45) is -4.07. The first kappa shape index (κ1) is 18.1. The standard InChI is InChI=1S/C16H18F3NO4/c1-15(14(22)23)5-6-20(9-15)13(21)8-11-3-2-4-12(7-11)24-10-16(17,18)19/h2-4,7H,5-6,8-10H2,1H3,(H,22,23). The average Bonchev–Trinajstić information content (AvgIpc) is 2.89. The minimum atomic E-state index is -4.43. The van der Waals surface area contributed by atoms with E-state index in [1.807, 2.05) is 0 Å². The maximum Gasteiger partial charge on any atom is 0.422 e. The van der Waals surface area contributed by atoms with Gasteiger partial charge < -0.3 is 14.7 Å². The maximum absolute atomic E-state index is 12.3. The molecule has 1 aliphatic heterocycles. The molecule has 0 aliphatic carbocycles. The molecule has 0 saturated carbocycles. The van der Waals surface area contributed by atoms with Gasteiger partial charge in [0.25, 0.3) is 0 Å². The average molecular weight is 345 g/mol. The van der Waals surface area contributed by atoms with Crippen LogP contribution in [-0.4, -0.2) is 47.8 Å². The molecule has 0 radical (unpaired) electrons. The lowest BCUT2D eigenvalue weighted by Crippen LogP contribution is -2.35. The number of aliphatic carboxylic acids is 1. The van der Waals surface area contributed by atoms with Crippen LogP contribution in [0, 0.1) is 5.41 Å². The number of hydrogen-bond acceptors (Lipinski definition) is 3. The van der Waals surface area contributed by atoms with E-state index in [-0.39, 0.29) is 24.6 Å². The number of likely N-dealkylation sites (tertiary alicyclic amines) is 1. The van der Waals surface area contributed by atoms with Crippen molar-refractivity contribution in [1.29, 1.82) is 0 Å². The SMILES string of the molecule is CC1(C(=O)O)CCN(C(=O)Cc2cccc(OCC(F)(F)F)c2)C1. The predicted molar refractivity (Wildman–Crippen MR) is 78.6 cm³/mol. The summed E-state index contributed by atoms with van der Waals surface area (Å²) in [4.78, 5) is 24.9. The van der Waals surface area contributed by atoms with Gasteiger partial charge in [-0.3, -0.25) is 9.59 Å². The second kappa shape index (κ2) is 6.70.